The highest BCUT2D eigenvalue weighted by molar-refractivity contribution is 6.30. The third-order valence-corrected chi connectivity index (χ3v) is 2.81. The Morgan fingerprint density at radius 2 is 1.89 bits per heavy atom. The summed E-state index contributed by atoms with van der Waals surface area (Å²) in [6.45, 7) is 0. The van der Waals surface area contributed by atoms with Crippen LogP contribution in [0.1, 0.15) is 21.5 Å². The number of nitrogens with zero attached hydrogens (tertiary/aromatic N) is 1. The Morgan fingerprint density at radius 3 is 2.53 bits per heavy atom. The van der Waals surface area contributed by atoms with Crippen LogP contribution in [-0.2, 0) is 0 Å². The molecule has 0 atom stereocenters. The standard InChI is InChI=1S/C16H10ClNO/c17-15-3-1-2-12(10-15)6-9-16(19)14-7-4-13(11-18)5-8-14/h1-10H/b9-6+. The molecule has 0 unspecified atom stereocenters. The van der Waals surface area contributed by atoms with Gasteiger partial charge in [-0.25, -0.2) is 0 Å². The lowest BCUT2D eigenvalue weighted by molar-refractivity contribution is 0.104. The quantitative estimate of drug-likeness (QED) is 0.620. The van der Waals surface area contributed by atoms with Crippen LogP contribution in [0, 0.1) is 11.3 Å². The van der Waals surface area contributed by atoms with Crippen molar-refractivity contribution in [1.82, 2.24) is 0 Å². The van der Waals surface area contributed by atoms with Gasteiger partial charge in [-0.1, -0.05) is 29.8 Å². The van der Waals surface area contributed by atoms with E-state index in [-0.39, 0.29) is 5.78 Å². The number of rotatable bonds is 3. The van der Waals surface area contributed by atoms with Crippen molar-refractivity contribution in [2.45, 2.75) is 0 Å². The predicted molar refractivity (Wildman–Crippen MR) is 76.0 cm³/mol. The Balaban J connectivity index is 2.14. The zero-order valence-corrected chi connectivity index (χ0v) is 10.8. The van der Waals surface area contributed by atoms with Crippen LogP contribution in [0.5, 0.6) is 0 Å². The van der Waals surface area contributed by atoms with Crippen molar-refractivity contribution in [3.05, 3.63) is 76.3 Å². The second-order valence-electron chi connectivity index (χ2n) is 3.94. The van der Waals surface area contributed by atoms with Gasteiger partial charge in [-0.3, -0.25) is 4.79 Å². The average Bonchev–Trinajstić information content (AvgIpc) is 2.45. The summed E-state index contributed by atoms with van der Waals surface area (Å²) < 4.78 is 0. The van der Waals surface area contributed by atoms with E-state index in [2.05, 4.69) is 0 Å². The maximum absolute atomic E-state index is 11.9. The first-order valence-electron chi connectivity index (χ1n) is 5.67. The van der Waals surface area contributed by atoms with Crippen LogP contribution in [0.4, 0.5) is 0 Å². The number of hydrogen-bond donors (Lipinski definition) is 0. The van der Waals surface area contributed by atoms with E-state index in [0.717, 1.165) is 5.56 Å². The molecule has 2 rings (SSSR count). The Morgan fingerprint density at radius 1 is 1.16 bits per heavy atom. The molecular weight excluding hydrogens is 258 g/mol. The van der Waals surface area contributed by atoms with Gasteiger partial charge in [0.15, 0.2) is 5.78 Å². The van der Waals surface area contributed by atoms with E-state index in [0.29, 0.717) is 16.1 Å². The van der Waals surface area contributed by atoms with Gasteiger partial charge in [0.2, 0.25) is 0 Å². The summed E-state index contributed by atoms with van der Waals surface area (Å²) in [7, 11) is 0. The molecule has 92 valence electrons. The van der Waals surface area contributed by atoms with Gasteiger partial charge in [-0.15, -0.1) is 0 Å². The number of carbonyl (C=O) groups is 1. The Labute approximate surface area is 116 Å². The molecule has 0 amide bonds. The number of nitriles is 1. The van der Waals surface area contributed by atoms with Crippen molar-refractivity contribution in [2.24, 2.45) is 0 Å². The molecule has 0 heterocycles. The Hall–Kier alpha value is -2.37. The number of halogens is 1. The first kappa shape index (κ1) is 13.1. The summed E-state index contributed by atoms with van der Waals surface area (Å²) in [5, 5.41) is 9.32. The molecule has 19 heavy (non-hydrogen) atoms. The zero-order chi connectivity index (χ0) is 13.7. The second kappa shape index (κ2) is 5.99. The van der Waals surface area contributed by atoms with Crippen LogP contribution in [0.2, 0.25) is 5.02 Å². The van der Waals surface area contributed by atoms with Gasteiger partial charge in [-0.2, -0.15) is 5.26 Å². The molecule has 0 saturated heterocycles. The first-order valence-corrected chi connectivity index (χ1v) is 6.05. The van der Waals surface area contributed by atoms with Crippen molar-refractivity contribution >= 4 is 23.5 Å². The van der Waals surface area contributed by atoms with E-state index in [1.54, 1.807) is 42.5 Å². The molecule has 3 heteroatoms. The third kappa shape index (κ3) is 3.54. The third-order valence-electron chi connectivity index (χ3n) is 2.57. The molecule has 0 aromatic heterocycles. The maximum atomic E-state index is 11.9. The number of benzene rings is 2. The molecule has 0 aliphatic heterocycles. The second-order valence-corrected chi connectivity index (χ2v) is 4.38. The summed E-state index contributed by atoms with van der Waals surface area (Å²) in [4.78, 5) is 11.9. The molecule has 0 radical (unpaired) electrons. The molecule has 0 aliphatic rings. The van der Waals surface area contributed by atoms with Crippen LogP contribution in [0.3, 0.4) is 0 Å². The van der Waals surface area contributed by atoms with Crippen LogP contribution < -0.4 is 0 Å². The van der Waals surface area contributed by atoms with Crippen molar-refractivity contribution in [3.63, 3.8) is 0 Å². The van der Waals surface area contributed by atoms with Gasteiger partial charge >= 0.3 is 0 Å². The number of carbonyl (C=O) groups excluding carboxylic acids is 1. The Kier molecular flexibility index (Phi) is 4.12. The van der Waals surface area contributed by atoms with E-state index < -0.39 is 0 Å². The predicted octanol–water partition coefficient (Wildman–Crippen LogP) is 4.11. The molecule has 0 fully saturated rings. The summed E-state index contributed by atoms with van der Waals surface area (Å²) in [6, 6.07) is 15.8. The van der Waals surface area contributed by atoms with E-state index in [1.807, 2.05) is 18.2 Å². The van der Waals surface area contributed by atoms with Gasteiger partial charge < -0.3 is 0 Å². The van der Waals surface area contributed by atoms with Gasteiger partial charge in [0.05, 0.1) is 11.6 Å². The van der Waals surface area contributed by atoms with Gasteiger partial charge in [-0.05, 0) is 48.0 Å². The Bertz CT molecular complexity index is 666. The molecule has 0 N–H and O–H groups in total. The van der Waals surface area contributed by atoms with E-state index in [9.17, 15) is 4.79 Å². The average molecular weight is 268 g/mol. The summed E-state index contributed by atoms with van der Waals surface area (Å²) >= 11 is 5.86. The topological polar surface area (TPSA) is 40.9 Å². The first-order chi connectivity index (χ1) is 9.19. The lowest BCUT2D eigenvalue weighted by Crippen LogP contribution is -1.93. The van der Waals surface area contributed by atoms with Gasteiger partial charge in [0.1, 0.15) is 0 Å². The van der Waals surface area contributed by atoms with Gasteiger partial charge in [0.25, 0.3) is 0 Å². The zero-order valence-electron chi connectivity index (χ0n) is 10.0. The minimum atomic E-state index is -0.107. The van der Waals surface area contributed by atoms with Crippen molar-refractivity contribution in [3.8, 4) is 6.07 Å². The highest BCUT2D eigenvalue weighted by Crippen LogP contribution is 2.12. The lowest BCUT2D eigenvalue weighted by Gasteiger charge is -1.96. The van der Waals surface area contributed by atoms with Crippen molar-refractivity contribution < 1.29 is 4.79 Å². The van der Waals surface area contributed by atoms with Crippen LogP contribution >= 0.6 is 11.6 Å². The molecule has 2 nitrogen and oxygen atoms in total. The summed E-state index contributed by atoms with van der Waals surface area (Å²) in [5.74, 6) is -0.107. The highest BCUT2D eigenvalue weighted by atomic mass is 35.5. The van der Waals surface area contributed by atoms with Crippen LogP contribution in [0.25, 0.3) is 6.08 Å². The lowest BCUT2D eigenvalue weighted by atomic mass is 10.1. The smallest absolute Gasteiger partial charge is 0.185 e. The fraction of sp³-hybridized carbons (Fsp3) is 0. The monoisotopic (exact) mass is 267 g/mol. The molecule has 0 bridgehead atoms. The minimum Gasteiger partial charge on any atom is -0.289 e. The highest BCUT2D eigenvalue weighted by Gasteiger charge is 2.01. The summed E-state index contributed by atoms with van der Waals surface area (Å²) in [5.41, 5.74) is 1.96. The fourth-order valence-corrected chi connectivity index (χ4v) is 1.79. The largest absolute Gasteiger partial charge is 0.289 e. The summed E-state index contributed by atoms with van der Waals surface area (Å²) in [6.07, 6.45) is 3.21. The molecule has 0 saturated carbocycles. The van der Waals surface area contributed by atoms with Crippen molar-refractivity contribution in [2.75, 3.05) is 0 Å². The van der Waals surface area contributed by atoms with Crippen LogP contribution in [0.15, 0.2) is 54.6 Å². The maximum Gasteiger partial charge on any atom is 0.185 e. The number of hydrogen-bond acceptors (Lipinski definition) is 2. The molecule has 2 aromatic rings. The van der Waals surface area contributed by atoms with Crippen molar-refractivity contribution in [1.29, 1.82) is 5.26 Å². The normalized spacial score (nSPS) is 10.3. The van der Waals surface area contributed by atoms with E-state index in [1.165, 1.54) is 6.08 Å². The fourth-order valence-electron chi connectivity index (χ4n) is 1.59. The molecule has 2 aromatic carbocycles. The van der Waals surface area contributed by atoms with Gasteiger partial charge in [0, 0.05) is 10.6 Å². The van der Waals surface area contributed by atoms with Crippen LogP contribution in [-0.4, -0.2) is 5.78 Å². The molecule has 0 aliphatic carbocycles. The minimum absolute atomic E-state index is 0.107. The number of ketones is 1. The SMILES string of the molecule is N#Cc1ccc(C(=O)/C=C/c2cccc(Cl)c2)cc1. The molecule has 0 spiro atoms. The molecular formula is C16H10ClNO. The van der Waals surface area contributed by atoms with E-state index in [4.69, 9.17) is 16.9 Å². The van der Waals surface area contributed by atoms with E-state index >= 15 is 0 Å². The number of allylic oxidation sites excluding steroid dienone is 1.